The molecular formula is C11H22N4O2S. The number of nitrogens with zero attached hydrogens (tertiary/aromatic N) is 2. The van der Waals surface area contributed by atoms with Crippen LogP contribution in [-0.4, -0.2) is 29.2 Å². The quantitative estimate of drug-likeness (QED) is 0.586. The van der Waals surface area contributed by atoms with Gasteiger partial charge in [0.05, 0.1) is 17.0 Å². The monoisotopic (exact) mass is 274 g/mol. The standard InChI is InChI=1S/C11H22N4O2S/c1-5-6-15-8-9(7-13-15)10(14-12)11(2,3)18(4,16)17/h7-8,10,14H,5-6,12H2,1-4H3. The number of sulfone groups is 1. The molecule has 0 fully saturated rings. The molecule has 0 saturated carbocycles. The highest BCUT2D eigenvalue weighted by Gasteiger charge is 2.40. The Bertz CT molecular complexity index is 493. The van der Waals surface area contributed by atoms with E-state index in [1.165, 1.54) is 6.26 Å². The van der Waals surface area contributed by atoms with Crippen molar-refractivity contribution in [3.8, 4) is 0 Å². The van der Waals surface area contributed by atoms with Crippen LogP contribution in [0.4, 0.5) is 0 Å². The van der Waals surface area contributed by atoms with Crippen LogP contribution in [0, 0.1) is 0 Å². The van der Waals surface area contributed by atoms with E-state index in [9.17, 15) is 8.42 Å². The summed E-state index contributed by atoms with van der Waals surface area (Å²) >= 11 is 0. The normalized spacial score (nSPS) is 14.7. The van der Waals surface area contributed by atoms with Gasteiger partial charge in [0.1, 0.15) is 0 Å². The molecule has 0 amide bonds. The van der Waals surface area contributed by atoms with Crippen LogP contribution in [0.5, 0.6) is 0 Å². The summed E-state index contributed by atoms with van der Waals surface area (Å²) in [4.78, 5) is 0. The zero-order chi connectivity index (χ0) is 14.0. The number of nitrogens with one attached hydrogen (secondary N) is 1. The van der Waals surface area contributed by atoms with Crippen molar-refractivity contribution in [3.05, 3.63) is 18.0 Å². The van der Waals surface area contributed by atoms with Crippen LogP contribution in [-0.2, 0) is 16.4 Å². The average Bonchev–Trinajstić information content (AvgIpc) is 2.66. The molecule has 1 aromatic heterocycles. The third-order valence-corrected chi connectivity index (χ3v) is 5.40. The van der Waals surface area contributed by atoms with Gasteiger partial charge in [-0.2, -0.15) is 5.10 Å². The highest BCUT2D eigenvalue weighted by molar-refractivity contribution is 7.92. The van der Waals surface area contributed by atoms with Crippen LogP contribution in [0.15, 0.2) is 12.4 Å². The highest BCUT2D eigenvalue weighted by Crippen LogP contribution is 2.31. The minimum Gasteiger partial charge on any atom is -0.272 e. The molecule has 0 aliphatic carbocycles. The molecule has 18 heavy (non-hydrogen) atoms. The minimum absolute atomic E-state index is 0.488. The topological polar surface area (TPSA) is 90.0 Å². The fourth-order valence-electron chi connectivity index (χ4n) is 1.79. The number of rotatable bonds is 6. The maximum absolute atomic E-state index is 11.8. The van der Waals surface area contributed by atoms with Crippen molar-refractivity contribution >= 4 is 9.84 Å². The highest BCUT2D eigenvalue weighted by atomic mass is 32.2. The Morgan fingerprint density at radius 2 is 2.17 bits per heavy atom. The van der Waals surface area contributed by atoms with Gasteiger partial charge in [-0.15, -0.1) is 0 Å². The first kappa shape index (κ1) is 15.1. The van der Waals surface area contributed by atoms with Crippen LogP contribution in [0.1, 0.15) is 38.8 Å². The third kappa shape index (κ3) is 2.90. The smallest absolute Gasteiger partial charge is 0.154 e. The molecule has 1 aromatic rings. The number of nitrogens with two attached hydrogens (primary N) is 1. The fraction of sp³-hybridized carbons (Fsp3) is 0.727. The van der Waals surface area contributed by atoms with Crippen molar-refractivity contribution < 1.29 is 8.42 Å². The SMILES string of the molecule is CCCn1cc(C(NN)C(C)(C)S(C)(=O)=O)cn1. The van der Waals surface area contributed by atoms with Crippen LogP contribution in [0.25, 0.3) is 0 Å². The van der Waals surface area contributed by atoms with E-state index < -0.39 is 20.6 Å². The van der Waals surface area contributed by atoms with Crippen molar-refractivity contribution in [1.82, 2.24) is 15.2 Å². The van der Waals surface area contributed by atoms with Gasteiger partial charge >= 0.3 is 0 Å². The Morgan fingerprint density at radius 3 is 2.61 bits per heavy atom. The number of hydrogen-bond acceptors (Lipinski definition) is 5. The zero-order valence-corrected chi connectivity index (χ0v) is 12.2. The second-order valence-corrected chi connectivity index (χ2v) is 7.61. The van der Waals surface area contributed by atoms with Gasteiger partial charge in [-0.3, -0.25) is 16.0 Å². The predicted molar refractivity (Wildman–Crippen MR) is 71.5 cm³/mol. The molecule has 104 valence electrons. The van der Waals surface area contributed by atoms with E-state index in [1.807, 2.05) is 6.20 Å². The Labute approximate surface area is 108 Å². The third-order valence-electron chi connectivity index (χ3n) is 3.26. The van der Waals surface area contributed by atoms with Gasteiger partial charge in [-0.25, -0.2) is 8.42 Å². The lowest BCUT2D eigenvalue weighted by Gasteiger charge is -2.31. The molecule has 0 aliphatic rings. The van der Waals surface area contributed by atoms with Crippen molar-refractivity contribution in [2.45, 2.75) is 44.5 Å². The molecule has 0 aromatic carbocycles. The summed E-state index contributed by atoms with van der Waals surface area (Å²) in [6.45, 7) is 6.17. The summed E-state index contributed by atoms with van der Waals surface area (Å²) in [5, 5.41) is 4.20. The van der Waals surface area contributed by atoms with Gasteiger partial charge in [0.25, 0.3) is 0 Å². The van der Waals surface area contributed by atoms with Gasteiger partial charge < -0.3 is 0 Å². The first-order valence-corrected chi connectivity index (χ1v) is 7.81. The van der Waals surface area contributed by atoms with E-state index in [2.05, 4.69) is 17.4 Å². The van der Waals surface area contributed by atoms with Crippen LogP contribution >= 0.6 is 0 Å². The molecule has 6 nitrogen and oxygen atoms in total. The summed E-state index contributed by atoms with van der Waals surface area (Å²) < 4.78 is 24.5. The molecule has 7 heteroatoms. The van der Waals surface area contributed by atoms with Gasteiger partial charge in [0, 0.05) is 24.6 Å². The van der Waals surface area contributed by atoms with Crippen molar-refractivity contribution in [2.75, 3.05) is 6.26 Å². The predicted octanol–water partition coefficient (Wildman–Crippen LogP) is 0.621. The summed E-state index contributed by atoms with van der Waals surface area (Å²) in [5.41, 5.74) is 3.37. The zero-order valence-electron chi connectivity index (χ0n) is 11.3. The summed E-state index contributed by atoms with van der Waals surface area (Å²) in [6.07, 6.45) is 5.68. The van der Waals surface area contributed by atoms with Crippen LogP contribution < -0.4 is 11.3 Å². The lowest BCUT2D eigenvalue weighted by atomic mass is 9.98. The molecular weight excluding hydrogens is 252 g/mol. The molecule has 1 atom stereocenters. The molecule has 0 bridgehead atoms. The van der Waals surface area contributed by atoms with Gasteiger partial charge in [-0.1, -0.05) is 6.92 Å². The number of aromatic nitrogens is 2. The molecule has 0 saturated heterocycles. The molecule has 0 spiro atoms. The number of aryl methyl sites for hydroxylation is 1. The summed E-state index contributed by atoms with van der Waals surface area (Å²) in [7, 11) is -3.24. The summed E-state index contributed by atoms with van der Waals surface area (Å²) in [6, 6.07) is -0.488. The van der Waals surface area contributed by atoms with Crippen molar-refractivity contribution in [1.29, 1.82) is 0 Å². The number of hydrogen-bond donors (Lipinski definition) is 2. The Morgan fingerprint density at radius 1 is 1.56 bits per heavy atom. The molecule has 1 rings (SSSR count). The molecule has 0 radical (unpaired) electrons. The molecule has 1 unspecified atom stereocenters. The maximum atomic E-state index is 11.8. The molecule has 0 aliphatic heterocycles. The lowest BCUT2D eigenvalue weighted by Crippen LogP contribution is -2.47. The van der Waals surface area contributed by atoms with Crippen LogP contribution in [0.2, 0.25) is 0 Å². The maximum Gasteiger partial charge on any atom is 0.154 e. The second-order valence-electron chi connectivity index (χ2n) is 5.01. The van der Waals surface area contributed by atoms with E-state index in [1.54, 1.807) is 24.7 Å². The van der Waals surface area contributed by atoms with E-state index >= 15 is 0 Å². The van der Waals surface area contributed by atoms with Gasteiger partial charge in [0.15, 0.2) is 9.84 Å². The van der Waals surface area contributed by atoms with Gasteiger partial charge in [0.2, 0.25) is 0 Å². The fourth-order valence-corrected chi connectivity index (χ4v) is 2.42. The lowest BCUT2D eigenvalue weighted by molar-refractivity contribution is 0.427. The molecule has 1 heterocycles. The van der Waals surface area contributed by atoms with Crippen LogP contribution in [0.3, 0.4) is 0 Å². The molecule has 3 N–H and O–H groups in total. The Kier molecular flexibility index (Phi) is 4.52. The van der Waals surface area contributed by atoms with E-state index in [0.29, 0.717) is 0 Å². The summed E-state index contributed by atoms with van der Waals surface area (Å²) in [5.74, 6) is 5.52. The Hall–Kier alpha value is -0.920. The average molecular weight is 274 g/mol. The van der Waals surface area contributed by atoms with E-state index in [0.717, 1.165) is 18.5 Å². The largest absolute Gasteiger partial charge is 0.272 e. The van der Waals surface area contributed by atoms with Crippen molar-refractivity contribution in [2.24, 2.45) is 5.84 Å². The number of hydrazine groups is 1. The Balaban J connectivity index is 3.09. The minimum atomic E-state index is -3.24. The second kappa shape index (κ2) is 5.38. The first-order chi connectivity index (χ1) is 8.24. The van der Waals surface area contributed by atoms with E-state index in [-0.39, 0.29) is 0 Å². The van der Waals surface area contributed by atoms with Gasteiger partial charge in [-0.05, 0) is 20.3 Å². The first-order valence-electron chi connectivity index (χ1n) is 5.92. The van der Waals surface area contributed by atoms with Crippen molar-refractivity contribution in [3.63, 3.8) is 0 Å². The van der Waals surface area contributed by atoms with E-state index in [4.69, 9.17) is 5.84 Å².